The van der Waals surface area contributed by atoms with Crippen LogP contribution in [0.2, 0.25) is 0 Å². The summed E-state index contributed by atoms with van der Waals surface area (Å²) in [6.45, 7) is 0.706. The number of nitrogens with one attached hydrogen (secondary N) is 2. The SMILES string of the molecule is O=C1CC(N=C2NC3(CCCCC3)CS2)CN1. The lowest BCUT2D eigenvalue weighted by Gasteiger charge is -2.32. The van der Waals surface area contributed by atoms with Crippen molar-refractivity contribution in [1.29, 1.82) is 0 Å². The van der Waals surface area contributed by atoms with Crippen molar-refractivity contribution < 1.29 is 4.79 Å². The highest BCUT2D eigenvalue weighted by atomic mass is 32.2. The molecule has 5 heteroatoms. The Bertz CT molecular complexity index is 350. The number of amides is 1. The van der Waals surface area contributed by atoms with E-state index in [1.165, 1.54) is 32.1 Å². The molecule has 1 spiro atoms. The van der Waals surface area contributed by atoms with Crippen molar-refractivity contribution in [1.82, 2.24) is 10.6 Å². The van der Waals surface area contributed by atoms with Gasteiger partial charge in [0.1, 0.15) is 0 Å². The molecule has 2 aliphatic heterocycles. The average molecular weight is 253 g/mol. The number of nitrogens with zero attached hydrogens (tertiary/aromatic N) is 1. The van der Waals surface area contributed by atoms with Gasteiger partial charge in [-0.15, -0.1) is 0 Å². The molecule has 0 aromatic heterocycles. The van der Waals surface area contributed by atoms with Crippen molar-refractivity contribution in [3.05, 3.63) is 0 Å². The zero-order chi connectivity index (χ0) is 11.7. The highest BCUT2D eigenvalue weighted by molar-refractivity contribution is 8.14. The van der Waals surface area contributed by atoms with Crippen molar-refractivity contribution in [3.63, 3.8) is 0 Å². The topological polar surface area (TPSA) is 53.5 Å². The van der Waals surface area contributed by atoms with E-state index >= 15 is 0 Å². The highest BCUT2D eigenvalue weighted by Gasteiger charge is 2.38. The summed E-state index contributed by atoms with van der Waals surface area (Å²) in [6.07, 6.45) is 7.16. The maximum Gasteiger partial charge on any atom is 0.222 e. The molecule has 3 rings (SSSR count). The van der Waals surface area contributed by atoms with Crippen LogP contribution < -0.4 is 10.6 Å². The van der Waals surface area contributed by atoms with E-state index in [4.69, 9.17) is 0 Å². The summed E-state index contributed by atoms with van der Waals surface area (Å²) in [4.78, 5) is 15.8. The van der Waals surface area contributed by atoms with Crippen LogP contribution in [0.1, 0.15) is 38.5 Å². The highest BCUT2D eigenvalue weighted by Crippen LogP contribution is 2.36. The first-order valence-corrected chi connectivity index (χ1v) is 7.50. The fourth-order valence-electron chi connectivity index (χ4n) is 2.92. The Balaban J connectivity index is 1.63. The number of carbonyl (C=O) groups is 1. The van der Waals surface area contributed by atoms with Crippen molar-refractivity contribution in [2.75, 3.05) is 12.3 Å². The predicted octanol–water partition coefficient (Wildman–Crippen LogP) is 1.27. The van der Waals surface area contributed by atoms with Crippen molar-refractivity contribution in [2.24, 2.45) is 4.99 Å². The Kier molecular flexibility index (Phi) is 3.03. The van der Waals surface area contributed by atoms with Gasteiger partial charge in [-0.3, -0.25) is 9.79 Å². The maximum absolute atomic E-state index is 11.1. The second-order valence-electron chi connectivity index (χ2n) is 5.35. The number of hydrogen-bond donors (Lipinski definition) is 2. The largest absolute Gasteiger partial charge is 0.359 e. The lowest BCUT2D eigenvalue weighted by Crippen LogP contribution is -2.45. The van der Waals surface area contributed by atoms with E-state index in [9.17, 15) is 4.79 Å². The molecule has 2 heterocycles. The van der Waals surface area contributed by atoms with Gasteiger partial charge in [0.2, 0.25) is 5.91 Å². The van der Waals surface area contributed by atoms with Gasteiger partial charge in [-0.25, -0.2) is 0 Å². The fourth-order valence-corrected chi connectivity index (χ4v) is 4.21. The number of amidine groups is 1. The fraction of sp³-hybridized carbons (Fsp3) is 0.833. The third-order valence-corrected chi connectivity index (χ3v) is 5.10. The third-order valence-electron chi connectivity index (χ3n) is 3.92. The van der Waals surface area contributed by atoms with Gasteiger partial charge in [-0.05, 0) is 12.8 Å². The van der Waals surface area contributed by atoms with Gasteiger partial charge >= 0.3 is 0 Å². The van der Waals surface area contributed by atoms with Gasteiger partial charge in [-0.1, -0.05) is 31.0 Å². The Morgan fingerprint density at radius 2 is 2.12 bits per heavy atom. The summed E-state index contributed by atoms with van der Waals surface area (Å²) < 4.78 is 0. The molecule has 0 bridgehead atoms. The number of rotatable bonds is 1. The third kappa shape index (κ3) is 2.44. The van der Waals surface area contributed by atoms with Crippen LogP contribution in [-0.2, 0) is 4.79 Å². The number of aliphatic imine (C=N–C) groups is 1. The standard InChI is InChI=1S/C12H19N3OS/c16-10-6-9(7-13-10)14-11-15-12(8-17-11)4-2-1-3-5-12/h9H,1-8H2,(H,13,16)(H,14,15). The van der Waals surface area contributed by atoms with E-state index in [1.54, 1.807) is 0 Å². The monoisotopic (exact) mass is 253 g/mol. The van der Waals surface area contributed by atoms with Crippen LogP contribution in [0.25, 0.3) is 0 Å². The van der Waals surface area contributed by atoms with Gasteiger partial charge < -0.3 is 10.6 Å². The maximum atomic E-state index is 11.1. The minimum atomic E-state index is 0.134. The van der Waals surface area contributed by atoms with Gasteiger partial charge in [0, 0.05) is 17.8 Å². The van der Waals surface area contributed by atoms with Crippen molar-refractivity contribution in [2.45, 2.75) is 50.1 Å². The molecule has 1 aliphatic carbocycles. The second-order valence-corrected chi connectivity index (χ2v) is 6.31. The molecule has 1 saturated carbocycles. The summed E-state index contributed by atoms with van der Waals surface area (Å²) in [6, 6.07) is 0.149. The first-order chi connectivity index (χ1) is 8.26. The molecule has 4 nitrogen and oxygen atoms in total. The molecule has 3 fully saturated rings. The van der Waals surface area contributed by atoms with E-state index in [1.807, 2.05) is 11.8 Å². The minimum Gasteiger partial charge on any atom is -0.359 e. The van der Waals surface area contributed by atoms with E-state index in [-0.39, 0.29) is 11.9 Å². The van der Waals surface area contributed by atoms with Gasteiger partial charge in [0.05, 0.1) is 12.5 Å². The smallest absolute Gasteiger partial charge is 0.222 e. The summed E-state index contributed by atoms with van der Waals surface area (Å²) in [5, 5.41) is 7.52. The van der Waals surface area contributed by atoms with Crippen molar-refractivity contribution >= 4 is 22.8 Å². The van der Waals surface area contributed by atoms with Gasteiger partial charge in [0.15, 0.2) is 5.17 Å². The number of thioether (sulfide) groups is 1. The van der Waals surface area contributed by atoms with E-state index in [0.717, 1.165) is 10.9 Å². The van der Waals surface area contributed by atoms with Crippen LogP contribution in [0.3, 0.4) is 0 Å². The number of carbonyl (C=O) groups excluding carboxylic acids is 1. The van der Waals surface area contributed by atoms with Gasteiger partial charge in [0.25, 0.3) is 0 Å². The molecule has 1 atom stereocenters. The quantitative estimate of drug-likeness (QED) is 0.740. The molecule has 1 amide bonds. The molecular weight excluding hydrogens is 234 g/mol. The predicted molar refractivity (Wildman–Crippen MR) is 70.3 cm³/mol. The van der Waals surface area contributed by atoms with Crippen LogP contribution >= 0.6 is 11.8 Å². The molecule has 0 aromatic rings. The van der Waals surface area contributed by atoms with E-state index < -0.39 is 0 Å². The van der Waals surface area contributed by atoms with E-state index in [0.29, 0.717) is 18.5 Å². The van der Waals surface area contributed by atoms with Crippen LogP contribution in [0, 0.1) is 0 Å². The number of hydrogen-bond acceptors (Lipinski definition) is 3. The van der Waals surface area contributed by atoms with Crippen LogP contribution in [0.5, 0.6) is 0 Å². The van der Waals surface area contributed by atoms with Crippen LogP contribution in [0.15, 0.2) is 4.99 Å². The zero-order valence-electron chi connectivity index (χ0n) is 10.00. The van der Waals surface area contributed by atoms with Crippen LogP contribution in [-0.4, -0.2) is 35.0 Å². The molecule has 2 saturated heterocycles. The Morgan fingerprint density at radius 3 is 2.82 bits per heavy atom. The van der Waals surface area contributed by atoms with Gasteiger partial charge in [-0.2, -0.15) is 0 Å². The first kappa shape index (κ1) is 11.4. The minimum absolute atomic E-state index is 0.134. The Hall–Kier alpha value is -0.710. The molecule has 94 valence electrons. The summed E-state index contributed by atoms with van der Waals surface area (Å²) in [7, 11) is 0. The molecule has 17 heavy (non-hydrogen) atoms. The molecule has 0 radical (unpaired) electrons. The zero-order valence-corrected chi connectivity index (χ0v) is 10.8. The lowest BCUT2D eigenvalue weighted by atomic mass is 9.83. The summed E-state index contributed by atoms with van der Waals surface area (Å²) >= 11 is 1.84. The molecule has 1 unspecified atom stereocenters. The molecular formula is C12H19N3OS. The average Bonchev–Trinajstić information content (AvgIpc) is 2.89. The molecule has 0 aromatic carbocycles. The van der Waals surface area contributed by atoms with Crippen molar-refractivity contribution in [3.8, 4) is 0 Å². The second kappa shape index (κ2) is 4.52. The molecule has 2 N–H and O–H groups in total. The first-order valence-electron chi connectivity index (χ1n) is 6.51. The van der Waals surface area contributed by atoms with Crippen LogP contribution in [0.4, 0.5) is 0 Å². The summed E-state index contributed by atoms with van der Waals surface area (Å²) in [5.41, 5.74) is 0.317. The normalized spacial score (nSPS) is 34.0. The lowest BCUT2D eigenvalue weighted by molar-refractivity contribution is -0.119. The Morgan fingerprint density at radius 1 is 1.29 bits per heavy atom. The molecule has 3 aliphatic rings. The summed E-state index contributed by atoms with van der Waals surface area (Å²) in [5.74, 6) is 1.29. The Labute approximate surface area is 106 Å². The van der Waals surface area contributed by atoms with E-state index in [2.05, 4.69) is 15.6 Å².